The van der Waals surface area contributed by atoms with Crippen LogP contribution in [0.2, 0.25) is 0 Å². The zero-order chi connectivity index (χ0) is 19.1. The van der Waals surface area contributed by atoms with Crippen molar-refractivity contribution in [1.82, 2.24) is 5.32 Å². The van der Waals surface area contributed by atoms with Gasteiger partial charge in [-0.1, -0.05) is 12.1 Å². The summed E-state index contributed by atoms with van der Waals surface area (Å²) in [6, 6.07) is 10.2. The highest BCUT2D eigenvalue weighted by atomic mass is 79.9. The van der Waals surface area contributed by atoms with Gasteiger partial charge in [0.05, 0.1) is 23.2 Å². The molecular weight excluding hydrogens is 466 g/mol. The van der Waals surface area contributed by atoms with Crippen LogP contribution >= 0.6 is 31.9 Å². The van der Waals surface area contributed by atoms with Crippen molar-refractivity contribution in [2.75, 3.05) is 14.2 Å². The molecule has 0 saturated carbocycles. The van der Waals surface area contributed by atoms with Gasteiger partial charge in [0.15, 0.2) is 5.76 Å². The van der Waals surface area contributed by atoms with Crippen molar-refractivity contribution in [1.29, 1.82) is 0 Å². The second kappa shape index (κ2) is 9.45. The Morgan fingerprint density at radius 1 is 1.08 bits per heavy atom. The van der Waals surface area contributed by atoms with E-state index in [-0.39, 0.29) is 17.4 Å². The van der Waals surface area contributed by atoms with E-state index in [1.807, 2.05) is 12.1 Å². The zero-order valence-corrected chi connectivity index (χ0v) is 17.3. The van der Waals surface area contributed by atoms with Gasteiger partial charge in [-0.3, -0.25) is 4.79 Å². The van der Waals surface area contributed by atoms with Gasteiger partial charge in [0, 0.05) is 6.20 Å². The number of phenols is 1. The lowest BCUT2D eigenvalue weighted by molar-refractivity contribution is -0.119. The van der Waals surface area contributed by atoms with E-state index in [0.29, 0.717) is 5.75 Å². The number of nitrogens with one attached hydrogen (secondary N) is 1. The van der Waals surface area contributed by atoms with E-state index in [1.165, 1.54) is 25.4 Å². The van der Waals surface area contributed by atoms with Crippen LogP contribution in [0.1, 0.15) is 11.1 Å². The Bertz CT molecular complexity index is 822. The van der Waals surface area contributed by atoms with Crippen LogP contribution in [0.3, 0.4) is 0 Å². The van der Waals surface area contributed by atoms with Crippen LogP contribution in [-0.4, -0.2) is 25.2 Å². The van der Waals surface area contributed by atoms with Crippen molar-refractivity contribution in [3.63, 3.8) is 0 Å². The van der Waals surface area contributed by atoms with Gasteiger partial charge in [0.2, 0.25) is 0 Å². The molecule has 0 aliphatic heterocycles. The third-order valence-corrected chi connectivity index (χ3v) is 4.53. The molecule has 0 heterocycles. The van der Waals surface area contributed by atoms with Crippen LogP contribution in [0.4, 0.5) is 0 Å². The lowest BCUT2D eigenvalue weighted by atomic mass is 10.2. The van der Waals surface area contributed by atoms with Gasteiger partial charge in [-0.2, -0.15) is 0 Å². The average molecular weight is 483 g/mol. The monoisotopic (exact) mass is 481 g/mol. The number of hydrogen-bond donors (Lipinski definition) is 2. The molecule has 2 rings (SSSR count). The van der Waals surface area contributed by atoms with E-state index in [0.717, 1.165) is 20.1 Å². The molecule has 0 bridgehead atoms. The number of phenolic OH excluding ortho intramolecular Hbond substituents is 1. The van der Waals surface area contributed by atoms with Crippen molar-refractivity contribution in [2.45, 2.75) is 0 Å². The molecule has 0 fully saturated rings. The predicted octanol–water partition coefficient (Wildman–Crippen LogP) is 4.70. The maximum absolute atomic E-state index is 12.2. The second-order valence-electron chi connectivity index (χ2n) is 5.13. The van der Waals surface area contributed by atoms with Gasteiger partial charge >= 0.3 is 0 Å². The predicted molar refractivity (Wildman–Crippen MR) is 109 cm³/mol. The normalized spacial score (nSPS) is 11.5. The number of carbonyl (C=O) groups excluding carboxylic acids is 1. The topological polar surface area (TPSA) is 67.8 Å². The number of methoxy groups -OCH3 is 2. The fourth-order valence-corrected chi connectivity index (χ4v) is 3.64. The fourth-order valence-electron chi connectivity index (χ4n) is 2.09. The summed E-state index contributed by atoms with van der Waals surface area (Å²) >= 11 is 6.86. The minimum absolute atomic E-state index is 0.150. The van der Waals surface area contributed by atoms with Crippen LogP contribution in [0.5, 0.6) is 11.5 Å². The molecule has 1 amide bonds. The smallest absolute Gasteiger partial charge is 0.290 e. The first-order chi connectivity index (χ1) is 12.4. The first-order valence-electron chi connectivity index (χ1n) is 7.49. The Hall–Kier alpha value is -2.25. The van der Waals surface area contributed by atoms with Crippen LogP contribution in [0.15, 0.2) is 57.3 Å². The van der Waals surface area contributed by atoms with Gasteiger partial charge in [-0.25, -0.2) is 0 Å². The average Bonchev–Trinajstić information content (AvgIpc) is 2.61. The molecule has 0 aromatic heterocycles. The summed E-state index contributed by atoms with van der Waals surface area (Å²) in [6.45, 7) is 0. The third kappa shape index (κ3) is 5.37. The number of aromatic hydroxyl groups is 1. The van der Waals surface area contributed by atoms with E-state index >= 15 is 0 Å². The van der Waals surface area contributed by atoms with Crippen molar-refractivity contribution in [2.24, 2.45) is 0 Å². The second-order valence-corrected chi connectivity index (χ2v) is 6.84. The highest BCUT2D eigenvalue weighted by Crippen LogP contribution is 2.34. The molecular formula is C19H17Br2NO4. The first kappa shape index (κ1) is 20.1. The first-order valence-corrected chi connectivity index (χ1v) is 9.08. The van der Waals surface area contributed by atoms with Gasteiger partial charge in [-0.15, -0.1) is 0 Å². The van der Waals surface area contributed by atoms with E-state index in [1.54, 1.807) is 31.4 Å². The SMILES string of the molecule is CO/C(=C/c1ccc(O)cc1)C(=O)N/C=C/c1cc(Br)c(OC)c(Br)c1. The van der Waals surface area contributed by atoms with Gasteiger partial charge in [0.25, 0.3) is 5.91 Å². The molecule has 0 unspecified atom stereocenters. The Morgan fingerprint density at radius 2 is 1.69 bits per heavy atom. The quantitative estimate of drug-likeness (QED) is 0.462. The Kier molecular flexibility index (Phi) is 7.29. The van der Waals surface area contributed by atoms with Gasteiger partial charge in [0.1, 0.15) is 11.5 Å². The van der Waals surface area contributed by atoms with Crippen molar-refractivity contribution in [3.05, 3.63) is 68.4 Å². The minimum Gasteiger partial charge on any atom is -0.508 e. The Balaban J connectivity index is 2.08. The number of rotatable bonds is 6. The molecule has 2 aromatic carbocycles. The number of halogens is 2. The summed E-state index contributed by atoms with van der Waals surface area (Å²) in [6.07, 6.45) is 4.87. The van der Waals surface area contributed by atoms with E-state index in [9.17, 15) is 9.90 Å². The number of amides is 1. The maximum atomic E-state index is 12.2. The van der Waals surface area contributed by atoms with E-state index in [4.69, 9.17) is 9.47 Å². The molecule has 136 valence electrons. The minimum atomic E-state index is -0.386. The van der Waals surface area contributed by atoms with Crippen molar-refractivity contribution >= 4 is 49.9 Å². The molecule has 0 aliphatic carbocycles. The molecule has 26 heavy (non-hydrogen) atoms. The number of carbonyl (C=O) groups is 1. The Labute approximate surface area is 168 Å². The Morgan fingerprint density at radius 3 is 2.23 bits per heavy atom. The number of benzene rings is 2. The molecule has 0 spiro atoms. The van der Waals surface area contributed by atoms with Crippen LogP contribution in [0.25, 0.3) is 12.2 Å². The molecule has 0 atom stereocenters. The van der Waals surface area contributed by atoms with E-state index < -0.39 is 0 Å². The summed E-state index contributed by atoms with van der Waals surface area (Å²) in [5, 5.41) is 12.0. The lowest BCUT2D eigenvalue weighted by Gasteiger charge is -2.07. The zero-order valence-electron chi connectivity index (χ0n) is 14.1. The maximum Gasteiger partial charge on any atom is 0.290 e. The standard InChI is InChI=1S/C19H17Br2NO4/c1-25-17(11-12-3-5-14(23)6-4-12)19(24)22-8-7-13-9-15(20)18(26-2)16(21)10-13/h3-11,23H,1-2H3,(H,22,24)/b8-7+,17-11+. The van der Waals surface area contributed by atoms with Crippen LogP contribution in [-0.2, 0) is 9.53 Å². The molecule has 0 saturated heterocycles. The molecule has 2 N–H and O–H groups in total. The molecule has 0 aliphatic rings. The van der Waals surface area contributed by atoms with Gasteiger partial charge < -0.3 is 19.9 Å². The van der Waals surface area contributed by atoms with Crippen LogP contribution in [0, 0.1) is 0 Å². The molecule has 0 radical (unpaired) electrons. The largest absolute Gasteiger partial charge is 0.508 e. The summed E-state index contributed by atoms with van der Waals surface area (Å²) in [5.41, 5.74) is 1.60. The summed E-state index contributed by atoms with van der Waals surface area (Å²) < 4.78 is 12.0. The molecule has 2 aromatic rings. The van der Waals surface area contributed by atoms with Crippen molar-refractivity contribution in [3.8, 4) is 11.5 Å². The van der Waals surface area contributed by atoms with Crippen LogP contribution < -0.4 is 10.1 Å². The number of hydrogen-bond acceptors (Lipinski definition) is 4. The highest BCUT2D eigenvalue weighted by Gasteiger charge is 2.09. The fraction of sp³-hybridized carbons (Fsp3) is 0.105. The lowest BCUT2D eigenvalue weighted by Crippen LogP contribution is -2.20. The number of ether oxygens (including phenoxy) is 2. The van der Waals surface area contributed by atoms with E-state index in [2.05, 4.69) is 37.2 Å². The summed E-state index contributed by atoms with van der Waals surface area (Å²) in [5.74, 6) is 0.621. The molecule has 7 heteroatoms. The third-order valence-electron chi connectivity index (χ3n) is 3.35. The summed E-state index contributed by atoms with van der Waals surface area (Å²) in [4.78, 5) is 12.2. The van der Waals surface area contributed by atoms with Gasteiger partial charge in [-0.05, 0) is 79.4 Å². The van der Waals surface area contributed by atoms with Crippen molar-refractivity contribution < 1.29 is 19.4 Å². The molecule has 5 nitrogen and oxygen atoms in total. The highest BCUT2D eigenvalue weighted by molar-refractivity contribution is 9.11. The summed E-state index contributed by atoms with van der Waals surface area (Å²) in [7, 11) is 3.01.